The molecule has 0 aliphatic carbocycles. The number of carbonyl (C=O) groups is 1. The fourth-order valence-corrected chi connectivity index (χ4v) is 4.33. The molecule has 0 aliphatic rings. The van der Waals surface area contributed by atoms with Crippen LogP contribution in [-0.4, -0.2) is 30.4 Å². The number of aromatic carboxylic acids is 1. The van der Waals surface area contributed by atoms with Crippen LogP contribution in [0.3, 0.4) is 0 Å². The second-order valence-corrected chi connectivity index (χ2v) is 8.36. The Bertz CT molecular complexity index is 1370. The van der Waals surface area contributed by atoms with Gasteiger partial charge in [-0.2, -0.15) is 10.4 Å². The van der Waals surface area contributed by atoms with Gasteiger partial charge in [0.25, 0.3) is 0 Å². The maximum absolute atomic E-state index is 15.2. The third-order valence-electron chi connectivity index (χ3n) is 4.61. The van der Waals surface area contributed by atoms with Gasteiger partial charge in [0.15, 0.2) is 5.82 Å². The van der Waals surface area contributed by atoms with Crippen molar-refractivity contribution in [1.82, 2.24) is 19.3 Å². The zero-order chi connectivity index (χ0) is 22.3. The van der Waals surface area contributed by atoms with Gasteiger partial charge in [0.05, 0.1) is 27.3 Å². The Morgan fingerprint density at radius 1 is 1.32 bits per heavy atom. The number of nitriles is 1. The van der Waals surface area contributed by atoms with Crippen molar-refractivity contribution in [2.24, 2.45) is 0 Å². The smallest absolute Gasteiger partial charge is 0.354 e. The topological polar surface area (TPSA) is 96.7 Å². The minimum atomic E-state index is -1.16. The number of halogens is 2. The van der Waals surface area contributed by atoms with Gasteiger partial charge in [-0.25, -0.2) is 14.2 Å². The van der Waals surface area contributed by atoms with Crippen LogP contribution in [0.5, 0.6) is 0 Å². The molecule has 0 radical (unpaired) electrons. The van der Waals surface area contributed by atoms with Gasteiger partial charge in [0.2, 0.25) is 0 Å². The molecule has 31 heavy (non-hydrogen) atoms. The highest BCUT2D eigenvalue weighted by molar-refractivity contribution is 7.99. The SMILES string of the molecule is CC(C)n1cc(-n2c(C#N)c(Sc3cccc(C(=O)O)n3)c3ccc(Cl)c(F)c32)cn1. The summed E-state index contributed by atoms with van der Waals surface area (Å²) >= 11 is 7.14. The van der Waals surface area contributed by atoms with Crippen molar-refractivity contribution in [1.29, 1.82) is 5.26 Å². The Kier molecular flexibility index (Phi) is 5.43. The molecule has 0 saturated carbocycles. The van der Waals surface area contributed by atoms with Crippen molar-refractivity contribution in [2.45, 2.75) is 29.8 Å². The van der Waals surface area contributed by atoms with Crippen molar-refractivity contribution in [3.8, 4) is 11.8 Å². The molecule has 10 heteroatoms. The van der Waals surface area contributed by atoms with Gasteiger partial charge in [-0.3, -0.25) is 9.25 Å². The first kappa shape index (κ1) is 20.9. The lowest BCUT2D eigenvalue weighted by molar-refractivity contribution is 0.0689. The van der Waals surface area contributed by atoms with Crippen molar-refractivity contribution in [2.75, 3.05) is 0 Å². The summed E-state index contributed by atoms with van der Waals surface area (Å²) in [5.74, 6) is -1.82. The number of benzene rings is 1. The van der Waals surface area contributed by atoms with Gasteiger partial charge in [0, 0.05) is 17.6 Å². The van der Waals surface area contributed by atoms with Crippen LogP contribution in [0.15, 0.2) is 52.6 Å². The van der Waals surface area contributed by atoms with Gasteiger partial charge in [-0.05, 0) is 38.1 Å². The average Bonchev–Trinajstić information content (AvgIpc) is 3.34. The van der Waals surface area contributed by atoms with Crippen LogP contribution >= 0.6 is 23.4 Å². The predicted molar refractivity (Wildman–Crippen MR) is 114 cm³/mol. The molecule has 156 valence electrons. The summed E-state index contributed by atoms with van der Waals surface area (Å²) in [5, 5.41) is 24.2. The highest BCUT2D eigenvalue weighted by Crippen LogP contribution is 2.41. The van der Waals surface area contributed by atoms with Crippen LogP contribution in [0.25, 0.3) is 16.6 Å². The number of fused-ring (bicyclic) bond motifs is 1. The molecule has 0 saturated heterocycles. The number of hydrogen-bond donors (Lipinski definition) is 1. The summed E-state index contributed by atoms with van der Waals surface area (Å²) in [6.45, 7) is 3.91. The zero-order valence-electron chi connectivity index (χ0n) is 16.4. The van der Waals surface area contributed by atoms with E-state index in [9.17, 15) is 15.2 Å². The van der Waals surface area contributed by atoms with E-state index in [1.807, 2.05) is 13.8 Å². The molecule has 0 fully saturated rings. The van der Waals surface area contributed by atoms with Crippen LogP contribution in [0.1, 0.15) is 36.1 Å². The molecule has 0 aliphatic heterocycles. The number of hydrogen-bond acceptors (Lipinski definition) is 5. The van der Waals surface area contributed by atoms with E-state index in [1.54, 1.807) is 35.3 Å². The lowest BCUT2D eigenvalue weighted by Crippen LogP contribution is -2.01. The Balaban J connectivity index is 1.98. The van der Waals surface area contributed by atoms with E-state index in [0.717, 1.165) is 11.8 Å². The molecule has 0 atom stereocenters. The fraction of sp³-hybridized carbons (Fsp3) is 0.143. The number of aromatic nitrogens is 4. The highest BCUT2D eigenvalue weighted by atomic mass is 35.5. The molecule has 4 aromatic rings. The number of rotatable bonds is 5. The number of nitrogens with zero attached hydrogens (tertiary/aromatic N) is 5. The first-order chi connectivity index (χ1) is 14.8. The highest BCUT2D eigenvalue weighted by Gasteiger charge is 2.24. The summed E-state index contributed by atoms with van der Waals surface area (Å²) in [5.41, 5.74) is 0.700. The Hall–Kier alpha value is -3.35. The quantitative estimate of drug-likeness (QED) is 0.437. The van der Waals surface area contributed by atoms with Gasteiger partial charge in [-0.1, -0.05) is 29.4 Å². The normalized spacial score (nSPS) is 11.2. The Morgan fingerprint density at radius 2 is 2.10 bits per heavy atom. The first-order valence-electron chi connectivity index (χ1n) is 9.17. The molecule has 0 unspecified atom stereocenters. The molecule has 0 amide bonds. The molecule has 3 aromatic heterocycles. The average molecular weight is 456 g/mol. The summed E-state index contributed by atoms with van der Waals surface area (Å²) in [6, 6.07) is 9.85. The van der Waals surface area contributed by atoms with Crippen LogP contribution < -0.4 is 0 Å². The molecular formula is C21H15ClFN5O2S. The van der Waals surface area contributed by atoms with Gasteiger partial charge < -0.3 is 5.11 Å². The number of pyridine rings is 1. The molecule has 4 rings (SSSR count). The third kappa shape index (κ3) is 3.65. The Morgan fingerprint density at radius 3 is 2.74 bits per heavy atom. The van der Waals surface area contributed by atoms with Crippen LogP contribution in [-0.2, 0) is 0 Å². The van der Waals surface area contributed by atoms with Crippen molar-refractivity contribution in [3.63, 3.8) is 0 Å². The van der Waals surface area contributed by atoms with Crippen molar-refractivity contribution >= 4 is 40.2 Å². The van der Waals surface area contributed by atoms with E-state index < -0.39 is 11.8 Å². The van der Waals surface area contributed by atoms with Crippen LogP contribution in [0.4, 0.5) is 4.39 Å². The van der Waals surface area contributed by atoms with Crippen molar-refractivity contribution in [3.05, 3.63) is 65.0 Å². The second-order valence-electron chi connectivity index (χ2n) is 6.92. The summed E-state index contributed by atoms with van der Waals surface area (Å²) in [7, 11) is 0. The molecule has 7 nitrogen and oxygen atoms in total. The molecular weight excluding hydrogens is 441 g/mol. The Labute approximate surface area is 185 Å². The second kappa shape index (κ2) is 8.06. The lowest BCUT2D eigenvalue weighted by atomic mass is 10.2. The fourth-order valence-electron chi connectivity index (χ4n) is 3.17. The largest absolute Gasteiger partial charge is 0.477 e. The predicted octanol–water partition coefficient (Wildman–Crippen LogP) is 5.32. The van der Waals surface area contributed by atoms with E-state index >= 15 is 4.39 Å². The van der Waals surface area contributed by atoms with E-state index in [4.69, 9.17) is 11.6 Å². The van der Waals surface area contributed by atoms with Gasteiger partial charge in [-0.15, -0.1) is 0 Å². The lowest BCUT2D eigenvalue weighted by Gasteiger charge is -2.06. The molecule has 0 spiro atoms. The third-order valence-corrected chi connectivity index (χ3v) is 5.95. The maximum Gasteiger partial charge on any atom is 0.354 e. The van der Waals surface area contributed by atoms with Gasteiger partial charge >= 0.3 is 5.97 Å². The van der Waals surface area contributed by atoms with E-state index in [0.29, 0.717) is 21.0 Å². The minimum Gasteiger partial charge on any atom is -0.477 e. The first-order valence-corrected chi connectivity index (χ1v) is 10.4. The maximum atomic E-state index is 15.2. The monoisotopic (exact) mass is 455 g/mol. The van der Waals surface area contributed by atoms with E-state index in [-0.39, 0.29) is 28.0 Å². The molecule has 0 bridgehead atoms. The van der Waals surface area contributed by atoms with Gasteiger partial charge in [0.1, 0.15) is 22.5 Å². The number of carboxylic acids is 1. The summed E-state index contributed by atoms with van der Waals surface area (Å²) < 4.78 is 18.3. The van der Waals surface area contributed by atoms with Crippen LogP contribution in [0, 0.1) is 17.1 Å². The standard InChI is InChI=1S/C21H15ClFN5O2S/c1-11(2)27-10-12(9-25-27)28-16(8-24)20(13-6-7-14(22)18(23)19(13)28)31-17-5-3-4-15(26-17)21(29)30/h3-7,9-11H,1-2H3,(H,29,30). The molecule has 1 N–H and O–H groups in total. The molecule has 1 aromatic carbocycles. The summed E-state index contributed by atoms with van der Waals surface area (Å²) in [4.78, 5) is 15.8. The van der Waals surface area contributed by atoms with Crippen LogP contribution in [0.2, 0.25) is 5.02 Å². The van der Waals surface area contributed by atoms with E-state index in [1.165, 1.54) is 16.7 Å². The number of carboxylic acid groups (broad SMARTS) is 1. The summed E-state index contributed by atoms with van der Waals surface area (Å²) in [6.07, 6.45) is 3.28. The van der Waals surface area contributed by atoms with Crippen molar-refractivity contribution < 1.29 is 14.3 Å². The minimum absolute atomic E-state index is 0.0745. The molecule has 3 heterocycles. The zero-order valence-corrected chi connectivity index (χ0v) is 17.9. The van der Waals surface area contributed by atoms with E-state index in [2.05, 4.69) is 16.2 Å².